The van der Waals surface area contributed by atoms with Crippen molar-refractivity contribution < 1.29 is 14.3 Å². The van der Waals surface area contributed by atoms with Crippen molar-refractivity contribution in [2.45, 2.75) is 39.8 Å². The Morgan fingerprint density at radius 2 is 1.76 bits per heavy atom. The van der Waals surface area contributed by atoms with Crippen LogP contribution in [-0.2, 0) is 16.1 Å². The molecule has 0 aliphatic rings. The van der Waals surface area contributed by atoms with E-state index in [4.69, 9.17) is 16.3 Å². The number of hydrogen-bond acceptors (Lipinski definition) is 3. The average Bonchev–Trinajstić information content (AvgIpc) is 2.71. The predicted molar refractivity (Wildman–Crippen MR) is 119 cm³/mol. The molecule has 0 aromatic heterocycles. The highest BCUT2D eigenvalue weighted by Crippen LogP contribution is 2.26. The summed E-state index contributed by atoms with van der Waals surface area (Å²) in [6.07, 6.45) is 0.496. The normalized spacial score (nSPS) is 11.7. The third kappa shape index (κ3) is 6.21. The van der Waals surface area contributed by atoms with Gasteiger partial charge in [-0.1, -0.05) is 46.6 Å². The van der Waals surface area contributed by atoms with Gasteiger partial charge in [0.15, 0.2) is 6.61 Å². The van der Waals surface area contributed by atoms with Crippen LogP contribution in [0.3, 0.4) is 0 Å². The lowest BCUT2D eigenvalue weighted by molar-refractivity contribution is -0.142. The number of nitrogens with zero attached hydrogens (tertiary/aromatic N) is 1. The van der Waals surface area contributed by atoms with Crippen molar-refractivity contribution in [3.05, 3.63) is 62.6 Å². The summed E-state index contributed by atoms with van der Waals surface area (Å²) >= 11 is 9.49. The van der Waals surface area contributed by atoms with Crippen molar-refractivity contribution in [1.82, 2.24) is 10.2 Å². The van der Waals surface area contributed by atoms with Crippen molar-refractivity contribution in [2.75, 3.05) is 13.7 Å². The maximum Gasteiger partial charge on any atom is 0.261 e. The number of nitrogens with one attached hydrogen (secondary N) is 1. The maximum absolute atomic E-state index is 13.0. The summed E-state index contributed by atoms with van der Waals surface area (Å²) in [6.45, 7) is 5.96. The molecule has 156 valence electrons. The molecule has 1 N–H and O–H groups in total. The number of rotatable bonds is 8. The van der Waals surface area contributed by atoms with Crippen LogP contribution in [0.15, 0.2) is 40.9 Å². The summed E-state index contributed by atoms with van der Waals surface area (Å²) in [5, 5.41) is 3.26. The molecule has 1 unspecified atom stereocenters. The third-order valence-corrected chi connectivity index (χ3v) is 6.17. The van der Waals surface area contributed by atoms with E-state index in [1.54, 1.807) is 24.1 Å². The molecular weight excluding hydrogens is 456 g/mol. The van der Waals surface area contributed by atoms with Gasteiger partial charge in [0.1, 0.15) is 11.8 Å². The van der Waals surface area contributed by atoms with E-state index in [2.05, 4.69) is 21.2 Å². The van der Waals surface area contributed by atoms with E-state index in [1.165, 1.54) is 0 Å². The Hall–Kier alpha value is -2.05. The third-order valence-electron chi connectivity index (χ3n) is 4.67. The van der Waals surface area contributed by atoms with Crippen molar-refractivity contribution in [3.8, 4) is 5.75 Å². The topological polar surface area (TPSA) is 58.6 Å². The van der Waals surface area contributed by atoms with Crippen LogP contribution in [0.25, 0.3) is 0 Å². The van der Waals surface area contributed by atoms with Crippen LogP contribution < -0.4 is 10.1 Å². The summed E-state index contributed by atoms with van der Waals surface area (Å²) < 4.78 is 6.79. The molecule has 2 aromatic rings. The minimum atomic E-state index is -0.583. The molecule has 7 heteroatoms. The number of hydrogen-bond donors (Lipinski definition) is 1. The van der Waals surface area contributed by atoms with E-state index >= 15 is 0 Å². The standard InChI is InChI=1S/C22H26BrClN2O3/c1-5-19(22(28)25-4)26(12-16-6-8-17(24)9-7-16)20(27)13-29-18-10-14(2)21(23)15(3)11-18/h6-11,19H,5,12-13H2,1-4H3,(H,25,28). The number of aryl methyl sites for hydroxylation is 2. The molecule has 2 amide bonds. The molecule has 0 heterocycles. The van der Waals surface area contributed by atoms with Crippen molar-refractivity contribution in [3.63, 3.8) is 0 Å². The zero-order valence-corrected chi connectivity index (χ0v) is 19.4. The van der Waals surface area contributed by atoms with Gasteiger partial charge in [-0.2, -0.15) is 0 Å². The molecule has 0 spiro atoms. The van der Waals surface area contributed by atoms with E-state index in [0.717, 1.165) is 21.2 Å². The Kier molecular flexibility index (Phi) is 8.53. The van der Waals surface area contributed by atoms with Gasteiger partial charge in [0.05, 0.1) is 0 Å². The summed E-state index contributed by atoms with van der Waals surface area (Å²) in [7, 11) is 1.57. The van der Waals surface area contributed by atoms with Gasteiger partial charge in [-0.05, 0) is 61.2 Å². The smallest absolute Gasteiger partial charge is 0.261 e. The Labute approximate surface area is 185 Å². The molecule has 2 aromatic carbocycles. The van der Waals surface area contributed by atoms with Crippen molar-refractivity contribution in [1.29, 1.82) is 0 Å². The number of halogens is 2. The number of amides is 2. The van der Waals surface area contributed by atoms with Crippen molar-refractivity contribution >= 4 is 39.3 Å². The van der Waals surface area contributed by atoms with Crippen LogP contribution in [0.4, 0.5) is 0 Å². The Morgan fingerprint density at radius 1 is 1.17 bits per heavy atom. The molecule has 1 atom stereocenters. The minimum absolute atomic E-state index is 0.151. The van der Waals surface area contributed by atoms with E-state index < -0.39 is 6.04 Å². The second kappa shape index (κ2) is 10.6. The fourth-order valence-corrected chi connectivity index (χ4v) is 3.45. The largest absolute Gasteiger partial charge is 0.484 e. The second-order valence-corrected chi connectivity index (χ2v) is 8.08. The highest BCUT2D eigenvalue weighted by atomic mass is 79.9. The lowest BCUT2D eigenvalue weighted by atomic mass is 10.1. The average molecular weight is 482 g/mol. The molecule has 0 aliphatic carbocycles. The number of carbonyl (C=O) groups is 2. The first-order valence-corrected chi connectivity index (χ1v) is 10.6. The van der Waals surface area contributed by atoms with Crippen LogP contribution in [-0.4, -0.2) is 36.4 Å². The van der Waals surface area contributed by atoms with Gasteiger partial charge in [0, 0.05) is 23.1 Å². The Morgan fingerprint density at radius 3 is 2.28 bits per heavy atom. The van der Waals surface area contributed by atoms with Gasteiger partial charge >= 0.3 is 0 Å². The molecule has 0 saturated heterocycles. The number of ether oxygens (including phenoxy) is 1. The highest BCUT2D eigenvalue weighted by molar-refractivity contribution is 9.10. The van der Waals surface area contributed by atoms with E-state index in [0.29, 0.717) is 23.7 Å². The van der Waals surface area contributed by atoms with Crippen LogP contribution in [0.1, 0.15) is 30.0 Å². The Balaban J connectivity index is 2.21. The maximum atomic E-state index is 13.0. The van der Waals surface area contributed by atoms with E-state index in [9.17, 15) is 9.59 Å². The fourth-order valence-electron chi connectivity index (χ4n) is 3.09. The molecule has 2 rings (SSSR count). The van der Waals surface area contributed by atoms with Crippen LogP contribution in [0, 0.1) is 13.8 Å². The van der Waals surface area contributed by atoms with Gasteiger partial charge in [-0.15, -0.1) is 0 Å². The summed E-state index contributed by atoms with van der Waals surface area (Å²) in [4.78, 5) is 26.9. The van der Waals surface area contributed by atoms with E-state index in [1.807, 2.05) is 45.0 Å². The number of benzene rings is 2. The zero-order valence-electron chi connectivity index (χ0n) is 17.1. The zero-order chi connectivity index (χ0) is 21.6. The molecule has 0 aliphatic heterocycles. The molecule has 0 saturated carbocycles. The molecule has 0 radical (unpaired) electrons. The van der Waals surface area contributed by atoms with Crippen LogP contribution in [0.5, 0.6) is 5.75 Å². The predicted octanol–water partition coefficient (Wildman–Crippen LogP) is 4.65. The molecule has 29 heavy (non-hydrogen) atoms. The summed E-state index contributed by atoms with van der Waals surface area (Å²) in [5.41, 5.74) is 2.95. The monoisotopic (exact) mass is 480 g/mol. The van der Waals surface area contributed by atoms with Gasteiger partial charge in [0.25, 0.3) is 5.91 Å². The van der Waals surface area contributed by atoms with Gasteiger partial charge in [-0.25, -0.2) is 0 Å². The van der Waals surface area contributed by atoms with Crippen LogP contribution >= 0.6 is 27.5 Å². The highest BCUT2D eigenvalue weighted by Gasteiger charge is 2.28. The quantitative estimate of drug-likeness (QED) is 0.597. The summed E-state index contributed by atoms with van der Waals surface area (Å²) in [6, 6.07) is 10.4. The SMILES string of the molecule is CCC(C(=O)NC)N(Cc1ccc(Cl)cc1)C(=O)COc1cc(C)c(Br)c(C)c1. The second-order valence-electron chi connectivity index (χ2n) is 6.85. The van der Waals surface area contributed by atoms with Gasteiger partial charge in [0.2, 0.25) is 5.91 Å². The van der Waals surface area contributed by atoms with Gasteiger partial charge < -0.3 is 15.0 Å². The van der Waals surface area contributed by atoms with E-state index in [-0.39, 0.29) is 18.4 Å². The first kappa shape index (κ1) is 23.2. The number of carbonyl (C=O) groups excluding carboxylic acids is 2. The molecule has 0 fully saturated rings. The molecule has 0 bridgehead atoms. The lowest BCUT2D eigenvalue weighted by Gasteiger charge is -2.30. The first-order chi connectivity index (χ1) is 13.8. The Bertz CT molecular complexity index is 848. The van der Waals surface area contributed by atoms with Crippen LogP contribution in [0.2, 0.25) is 5.02 Å². The lowest BCUT2D eigenvalue weighted by Crippen LogP contribution is -2.49. The fraction of sp³-hybridized carbons (Fsp3) is 0.364. The minimum Gasteiger partial charge on any atom is -0.484 e. The van der Waals surface area contributed by atoms with Gasteiger partial charge in [-0.3, -0.25) is 9.59 Å². The summed E-state index contributed by atoms with van der Waals surface area (Å²) in [5.74, 6) is 0.162. The number of likely N-dealkylation sites (N-methyl/N-ethyl adjacent to an activating group) is 1. The van der Waals surface area contributed by atoms with Crippen molar-refractivity contribution in [2.24, 2.45) is 0 Å². The molecule has 5 nitrogen and oxygen atoms in total. The first-order valence-electron chi connectivity index (χ1n) is 9.41. The molecular formula is C22H26BrClN2O3.